The number of rotatable bonds is 8. The topological polar surface area (TPSA) is 63.5 Å². The van der Waals surface area contributed by atoms with E-state index in [1.54, 1.807) is 19.6 Å². The summed E-state index contributed by atoms with van der Waals surface area (Å²) in [6.45, 7) is 3.77. The molecule has 0 aliphatic carbocycles. The van der Waals surface area contributed by atoms with E-state index in [1.165, 1.54) is 0 Å². The summed E-state index contributed by atoms with van der Waals surface area (Å²) in [5, 5.41) is 5.96. The second-order valence-corrected chi connectivity index (χ2v) is 3.87. The highest BCUT2D eigenvalue weighted by Gasteiger charge is 2.11. The molecule has 5 nitrogen and oxygen atoms in total. The Morgan fingerprint density at radius 1 is 1.59 bits per heavy atom. The van der Waals surface area contributed by atoms with E-state index < -0.39 is 0 Å². The van der Waals surface area contributed by atoms with Gasteiger partial charge in [-0.25, -0.2) is 0 Å². The molecule has 0 fully saturated rings. The van der Waals surface area contributed by atoms with E-state index in [9.17, 15) is 4.79 Å². The Morgan fingerprint density at radius 2 is 2.41 bits per heavy atom. The highest BCUT2D eigenvalue weighted by Crippen LogP contribution is 1.99. The number of carbonyl (C=O) groups is 1. The van der Waals surface area contributed by atoms with Crippen LogP contribution < -0.4 is 10.6 Å². The van der Waals surface area contributed by atoms with Crippen molar-refractivity contribution in [1.29, 1.82) is 0 Å². The van der Waals surface area contributed by atoms with Gasteiger partial charge in [-0.05, 0) is 19.4 Å². The molecule has 0 aliphatic heterocycles. The van der Waals surface area contributed by atoms with Crippen LogP contribution in [0, 0.1) is 0 Å². The van der Waals surface area contributed by atoms with Crippen molar-refractivity contribution in [3.05, 3.63) is 24.2 Å². The summed E-state index contributed by atoms with van der Waals surface area (Å²) < 4.78 is 9.85. The maximum Gasteiger partial charge on any atom is 0.236 e. The van der Waals surface area contributed by atoms with Crippen LogP contribution in [0.4, 0.5) is 0 Å². The normalized spacial score (nSPS) is 12.4. The van der Waals surface area contributed by atoms with E-state index in [2.05, 4.69) is 10.6 Å². The van der Waals surface area contributed by atoms with E-state index in [1.807, 2.05) is 13.0 Å². The summed E-state index contributed by atoms with van der Waals surface area (Å²) in [7, 11) is 1.65. The molecule has 0 aliphatic rings. The summed E-state index contributed by atoms with van der Waals surface area (Å²) in [4.78, 5) is 11.6. The first kappa shape index (κ1) is 13.7. The molecule has 2 N–H and O–H groups in total. The second-order valence-electron chi connectivity index (χ2n) is 3.87. The molecule has 1 rings (SSSR count). The standard InChI is InChI=1S/C12H20N2O3/c1-10(12(15)13-5-3-6-16-2)14-8-11-4-7-17-9-11/h4,7,9-10,14H,3,5-6,8H2,1-2H3,(H,13,15). The predicted octanol–water partition coefficient (Wildman–Crippen LogP) is 0.910. The summed E-state index contributed by atoms with van der Waals surface area (Å²) in [5.74, 6) is 0.00426. The molecular weight excluding hydrogens is 220 g/mol. The summed E-state index contributed by atoms with van der Waals surface area (Å²) >= 11 is 0. The van der Waals surface area contributed by atoms with Crippen LogP contribution >= 0.6 is 0 Å². The average molecular weight is 240 g/mol. The molecule has 5 heteroatoms. The average Bonchev–Trinajstić information content (AvgIpc) is 2.84. The molecule has 0 spiro atoms. The number of ether oxygens (including phenoxy) is 1. The van der Waals surface area contributed by atoms with Gasteiger partial charge in [0.2, 0.25) is 5.91 Å². The van der Waals surface area contributed by atoms with Gasteiger partial charge in [0, 0.05) is 32.4 Å². The smallest absolute Gasteiger partial charge is 0.236 e. The highest BCUT2D eigenvalue weighted by atomic mass is 16.5. The molecule has 0 bridgehead atoms. The Bertz CT molecular complexity index is 312. The number of methoxy groups -OCH3 is 1. The lowest BCUT2D eigenvalue weighted by molar-refractivity contribution is -0.122. The van der Waals surface area contributed by atoms with E-state index in [-0.39, 0.29) is 11.9 Å². The van der Waals surface area contributed by atoms with Gasteiger partial charge in [0.25, 0.3) is 0 Å². The van der Waals surface area contributed by atoms with Crippen LogP contribution in [0.1, 0.15) is 18.9 Å². The largest absolute Gasteiger partial charge is 0.472 e. The van der Waals surface area contributed by atoms with Gasteiger partial charge < -0.3 is 19.8 Å². The first-order valence-electron chi connectivity index (χ1n) is 5.75. The van der Waals surface area contributed by atoms with Gasteiger partial charge >= 0.3 is 0 Å². The molecule has 1 heterocycles. The Labute approximate surface area is 102 Å². The molecule has 1 aromatic rings. The number of nitrogens with one attached hydrogen (secondary N) is 2. The number of amides is 1. The number of hydrogen-bond acceptors (Lipinski definition) is 4. The zero-order valence-corrected chi connectivity index (χ0v) is 10.4. The lowest BCUT2D eigenvalue weighted by Crippen LogP contribution is -2.42. The Balaban J connectivity index is 2.13. The first-order valence-corrected chi connectivity index (χ1v) is 5.75. The first-order chi connectivity index (χ1) is 8.24. The molecule has 1 amide bonds. The minimum atomic E-state index is -0.215. The third-order valence-electron chi connectivity index (χ3n) is 2.41. The van der Waals surface area contributed by atoms with Crippen molar-refractivity contribution >= 4 is 5.91 Å². The van der Waals surface area contributed by atoms with Crippen molar-refractivity contribution in [2.75, 3.05) is 20.3 Å². The van der Waals surface area contributed by atoms with Gasteiger partial charge in [-0.2, -0.15) is 0 Å². The van der Waals surface area contributed by atoms with Crippen molar-refractivity contribution in [3.8, 4) is 0 Å². The van der Waals surface area contributed by atoms with Crippen molar-refractivity contribution in [2.24, 2.45) is 0 Å². The van der Waals surface area contributed by atoms with E-state index >= 15 is 0 Å². The Kier molecular flexibility index (Phi) is 6.35. The summed E-state index contributed by atoms with van der Waals surface area (Å²) in [6, 6.07) is 1.66. The van der Waals surface area contributed by atoms with Gasteiger partial charge in [0.05, 0.1) is 18.6 Å². The third kappa shape index (κ3) is 5.51. The lowest BCUT2D eigenvalue weighted by atomic mass is 10.2. The zero-order valence-electron chi connectivity index (χ0n) is 10.4. The molecule has 0 saturated carbocycles. The lowest BCUT2D eigenvalue weighted by Gasteiger charge is -2.13. The molecule has 0 aromatic carbocycles. The maximum atomic E-state index is 11.6. The predicted molar refractivity (Wildman–Crippen MR) is 64.5 cm³/mol. The van der Waals surface area contributed by atoms with Crippen LogP contribution in [0.2, 0.25) is 0 Å². The third-order valence-corrected chi connectivity index (χ3v) is 2.41. The van der Waals surface area contributed by atoms with Crippen molar-refractivity contribution in [2.45, 2.75) is 25.9 Å². The SMILES string of the molecule is COCCCNC(=O)C(C)NCc1ccoc1. The highest BCUT2D eigenvalue weighted by molar-refractivity contribution is 5.81. The molecule has 17 heavy (non-hydrogen) atoms. The number of furan rings is 1. The van der Waals surface area contributed by atoms with Gasteiger partial charge in [0.15, 0.2) is 0 Å². The van der Waals surface area contributed by atoms with Crippen molar-refractivity contribution in [3.63, 3.8) is 0 Å². The fourth-order valence-corrected chi connectivity index (χ4v) is 1.34. The minimum Gasteiger partial charge on any atom is -0.472 e. The molecule has 1 atom stereocenters. The van der Waals surface area contributed by atoms with Gasteiger partial charge in [-0.15, -0.1) is 0 Å². The Morgan fingerprint density at radius 3 is 3.06 bits per heavy atom. The number of hydrogen-bond donors (Lipinski definition) is 2. The second kappa shape index (κ2) is 7.86. The van der Waals surface area contributed by atoms with Crippen LogP contribution in [0.15, 0.2) is 23.0 Å². The van der Waals surface area contributed by atoms with Crippen molar-refractivity contribution < 1.29 is 13.9 Å². The van der Waals surface area contributed by atoms with E-state index in [0.717, 1.165) is 12.0 Å². The molecule has 0 radical (unpaired) electrons. The summed E-state index contributed by atoms with van der Waals surface area (Å²) in [5.41, 5.74) is 1.03. The molecule has 0 saturated heterocycles. The van der Waals surface area contributed by atoms with Gasteiger partial charge in [-0.3, -0.25) is 4.79 Å². The maximum absolute atomic E-state index is 11.6. The van der Waals surface area contributed by atoms with Gasteiger partial charge in [0.1, 0.15) is 0 Å². The fourth-order valence-electron chi connectivity index (χ4n) is 1.34. The van der Waals surface area contributed by atoms with Crippen LogP contribution in [-0.4, -0.2) is 32.2 Å². The quantitative estimate of drug-likeness (QED) is 0.663. The van der Waals surface area contributed by atoms with Crippen LogP contribution in [0.5, 0.6) is 0 Å². The van der Waals surface area contributed by atoms with E-state index in [4.69, 9.17) is 9.15 Å². The number of carbonyl (C=O) groups excluding carboxylic acids is 1. The fraction of sp³-hybridized carbons (Fsp3) is 0.583. The molecule has 1 aromatic heterocycles. The molecular formula is C12H20N2O3. The monoisotopic (exact) mass is 240 g/mol. The van der Waals surface area contributed by atoms with Crippen LogP contribution in [0.25, 0.3) is 0 Å². The van der Waals surface area contributed by atoms with Crippen LogP contribution in [-0.2, 0) is 16.1 Å². The van der Waals surface area contributed by atoms with Gasteiger partial charge in [-0.1, -0.05) is 0 Å². The summed E-state index contributed by atoms with van der Waals surface area (Å²) in [6.07, 6.45) is 4.11. The van der Waals surface area contributed by atoms with Crippen LogP contribution in [0.3, 0.4) is 0 Å². The molecule has 1 unspecified atom stereocenters. The minimum absolute atomic E-state index is 0.00426. The van der Waals surface area contributed by atoms with E-state index in [0.29, 0.717) is 19.7 Å². The molecule has 96 valence electrons. The van der Waals surface area contributed by atoms with Crippen molar-refractivity contribution in [1.82, 2.24) is 10.6 Å². The Hall–Kier alpha value is -1.33. The zero-order chi connectivity index (χ0) is 12.5.